The second-order valence-corrected chi connectivity index (χ2v) is 4.95. The Morgan fingerprint density at radius 2 is 2.06 bits per heavy atom. The average molecular weight is 240 g/mol. The van der Waals surface area contributed by atoms with Gasteiger partial charge in [-0.1, -0.05) is 39.0 Å². The van der Waals surface area contributed by atoms with E-state index in [0.717, 1.165) is 31.4 Å². The number of nitrogens with one attached hydrogen (secondary N) is 2. The van der Waals surface area contributed by atoms with Crippen molar-refractivity contribution in [1.82, 2.24) is 10.7 Å². The highest BCUT2D eigenvalue weighted by Crippen LogP contribution is 2.28. The highest BCUT2D eigenvalue weighted by Gasteiger charge is 2.13. The molecule has 0 aliphatic heterocycles. The van der Waals surface area contributed by atoms with Crippen LogP contribution in [0.5, 0.6) is 0 Å². The van der Waals surface area contributed by atoms with Crippen molar-refractivity contribution in [2.75, 3.05) is 13.1 Å². The number of unbranched alkanes of at least 4 members (excludes halogenated alkanes) is 1. The molecule has 1 aliphatic carbocycles. The van der Waals surface area contributed by atoms with E-state index in [1.807, 2.05) is 0 Å². The molecule has 0 saturated heterocycles. The van der Waals surface area contributed by atoms with Gasteiger partial charge in [-0.3, -0.25) is 10.4 Å². The summed E-state index contributed by atoms with van der Waals surface area (Å²) in [4.78, 5) is 4.44. The molecule has 0 spiro atoms. The van der Waals surface area contributed by atoms with Crippen LogP contribution in [0.3, 0.4) is 0 Å². The molecule has 100 valence electrons. The summed E-state index contributed by atoms with van der Waals surface area (Å²) >= 11 is 0. The lowest BCUT2D eigenvalue weighted by Gasteiger charge is -2.09. The van der Waals surface area contributed by atoms with Gasteiger partial charge in [0.15, 0.2) is 0 Å². The Balaban J connectivity index is 2.06. The SMILES string of the molecule is CCCCNC(=NCCCC1CCCC1)NN. The van der Waals surface area contributed by atoms with Crippen LogP contribution < -0.4 is 16.6 Å². The van der Waals surface area contributed by atoms with E-state index in [4.69, 9.17) is 5.84 Å². The number of hydrogen-bond donors (Lipinski definition) is 3. The first-order valence-corrected chi connectivity index (χ1v) is 7.11. The van der Waals surface area contributed by atoms with E-state index in [1.54, 1.807) is 0 Å². The maximum atomic E-state index is 5.42. The minimum Gasteiger partial charge on any atom is -0.355 e. The molecule has 1 saturated carbocycles. The molecule has 1 aliphatic rings. The maximum absolute atomic E-state index is 5.42. The van der Waals surface area contributed by atoms with Crippen LogP contribution >= 0.6 is 0 Å². The molecule has 0 amide bonds. The van der Waals surface area contributed by atoms with E-state index in [1.165, 1.54) is 44.9 Å². The summed E-state index contributed by atoms with van der Waals surface area (Å²) < 4.78 is 0. The van der Waals surface area contributed by atoms with Crippen LogP contribution in [-0.2, 0) is 0 Å². The first kappa shape index (κ1) is 14.3. The summed E-state index contributed by atoms with van der Waals surface area (Å²) in [6.45, 7) is 4.01. The molecule has 0 heterocycles. The molecule has 0 aromatic heterocycles. The minimum absolute atomic E-state index is 0.741. The predicted molar refractivity (Wildman–Crippen MR) is 73.7 cm³/mol. The van der Waals surface area contributed by atoms with Gasteiger partial charge >= 0.3 is 0 Å². The number of nitrogens with two attached hydrogens (primary N) is 1. The molecule has 17 heavy (non-hydrogen) atoms. The standard InChI is InChI=1S/C13H28N4/c1-2-3-10-15-13(17-14)16-11-6-9-12-7-4-5-8-12/h12H,2-11,14H2,1H3,(H2,15,16,17). The zero-order valence-corrected chi connectivity index (χ0v) is 11.2. The lowest BCUT2D eigenvalue weighted by molar-refractivity contribution is 0.487. The lowest BCUT2D eigenvalue weighted by Crippen LogP contribution is -2.42. The Morgan fingerprint density at radius 3 is 2.71 bits per heavy atom. The van der Waals surface area contributed by atoms with Crippen LogP contribution in [-0.4, -0.2) is 19.0 Å². The third-order valence-corrected chi connectivity index (χ3v) is 3.47. The predicted octanol–water partition coefficient (Wildman–Crippen LogP) is 2.17. The van der Waals surface area contributed by atoms with Gasteiger partial charge in [-0.05, 0) is 25.2 Å². The molecule has 0 bridgehead atoms. The second kappa shape index (κ2) is 9.28. The zero-order valence-electron chi connectivity index (χ0n) is 11.2. The van der Waals surface area contributed by atoms with Gasteiger partial charge in [-0.2, -0.15) is 0 Å². The number of aliphatic imine (C=N–C) groups is 1. The maximum Gasteiger partial charge on any atom is 0.205 e. The molecule has 4 N–H and O–H groups in total. The van der Waals surface area contributed by atoms with Crippen molar-refractivity contribution >= 4 is 5.96 Å². The third-order valence-electron chi connectivity index (χ3n) is 3.47. The summed E-state index contributed by atoms with van der Waals surface area (Å²) in [7, 11) is 0. The topological polar surface area (TPSA) is 62.4 Å². The van der Waals surface area contributed by atoms with Gasteiger partial charge in [0, 0.05) is 13.1 Å². The monoisotopic (exact) mass is 240 g/mol. The third kappa shape index (κ3) is 6.51. The first-order chi connectivity index (χ1) is 8.36. The van der Waals surface area contributed by atoms with E-state index in [2.05, 4.69) is 22.7 Å². The van der Waals surface area contributed by atoms with Crippen LogP contribution in [0.2, 0.25) is 0 Å². The Hall–Kier alpha value is -0.770. The largest absolute Gasteiger partial charge is 0.355 e. The summed E-state index contributed by atoms with van der Waals surface area (Å²) in [6, 6.07) is 0. The van der Waals surface area contributed by atoms with Crippen LogP contribution in [0.15, 0.2) is 4.99 Å². The molecule has 0 atom stereocenters. The molecule has 4 heteroatoms. The highest BCUT2D eigenvalue weighted by atomic mass is 15.3. The zero-order chi connectivity index (χ0) is 12.3. The van der Waals surface area contributed by atoms with Crippen molar-refractivity contribution in [3.05, 3.63) is 0 Å². The van der Waals surface area contributed by atoms with Gasteiger partial charge in [-0.25, -0.2) is 5.84 Å². The molecular weight excluding hydrogens is 212 g/mol. The normalized spacial score (nSPS) is 17.4. The molecule has 1 rings (SSSR count). The van der Waals surface area contributed by atoms with Gasteiger partial charge in [0.2, 0.25) is 5.96 Å². The van der Waals surface area contributed by atoms with Gasteiger partial charge < -0.3 is 5.32 Å². The number of nitrogens with zero attached hydrogens (tertiary/aromatic N) is 1. The summed E-state index contributed by atoms with van der Waals surface area (Å²) in [5.74, 6) is 7.12. The van der Waals surface area contributed by atoms with E-state index in [-0.39, 0.29) is 0 Å². The van der Waals surface area contributed by atoms with Gasteiger partial charge in [-0.15, -0.1) is 0 Å². The van der Waals surface area contributed by atoms with Crippen LogP contribution in [0.1, 0.15) is 58.3 Å². The lowest BCUT2D eigenvalue weighted by atomic mass is 10.0. The fourth-order valence-electron chi connectivity index (χ4n) is 2.41. The smallest absolute Gasteiger partial charge is 0.205 e. The Labute approximate surface area is 105 Å². The summed E-state index contributed by atoms with van der Waals surface area (Å²) in [5, 5.41) is 3.21. The van der Waals surface area contributed by atoms with Crippen LogP contribution in [0.4, 0.5) is 0 Å². The second-order valence-electron chi connectivity index (χ2n) is 4.95. The van der Waals surface area contributed by atoms with Crippen molar-refractivity contribution in [1.29, 1.82) is 0 Å². The van der Waals surface area contributed by atoms with Gasteiger partial charge in [0.25, 0.3) is 0 Å². The number of guanidine groups is 1. The number of hydrazine groups is 1. The highest BCUT2D eigenvalue weighted by molar-refractivity contribution is 5.79. The molecule has 0 aromatic rings. The molecule has 1 fully saturated rings. The molecule has 4 nitrogen and oxygen atoms in total. The van der Waals surface area contributed by atoms with E-state index < -0.39 is 0 Å². The van der Waals surface area contributed by atoms with Crippen molar-refractivity contribution in [2.45, 2.75) is 58.3 Å². The summed E-state index contributed by atoms with van der Waals surface area (Å²) in [5.41, 5.74) is 2.63. The van der Waals surface area contributed by atoms with Crippen LogP contribution in [0.25, 0.3) is 0 Å². The van der Waals surface area contributed by atoms with E-state index in [9.17, 15) is 0 Å². The van der Waals surface area contributed by atoms with Gasteiger partial charge in [0.1, 0.15) is 0 Å². The van der Waals surface area contributed by atoms with Gasteiger partial charge in [0.05, 0.1) is 0 Å². The Kier molecular flexibility index (Phi) is 7.80. The molecule has 0 unspecified atom stereocenters. The minimum atomic E-state index is 0.741. The van der Waals surface area contributed by atoms with Crippen molar-refractivity contribution in [3.8, 4) is 0 Å². The van der Waals surface area contributed by atoms with Crippen molar-refractivity contribution in [3.63, 3.8) is 0 Å². The quantitative estimate of drug-likeness (QED) is 0.210. The fraction of sp³-hybridized carbons (Fsp3) is 0.923. The van der Waals surface area contributed by atoms with E-state index >= 15 is 0 Å². The Bertz CT molecular complexity index is 209. The Morgan fingerprint density at radius 1 is 1.29 bits per heavy atom. The van der Waals surface area contributed by atoms with Crippen molar-refractivity contribution in [2.24, 2.45) is 16.8 Å². The van der Waals surface area contributed by atoms with Crippen molar-refractivity contribution < 1.29 is 0 Å². The van der Waals surface area contributed by atoms with Crippen LogP contribution in [0, 0.1) is 5.92 Å². The average Bonchev–Trinajstić information content (AvgIpc) is 2.85. The molecular formula is C13H28N4. The molecule has 0 radical (unpaired) electrons. The fourth-order valence-corrected chi connectivity index (χ4v) is 2.41. The number of hydrogen-bond acceptors (Lipinski definition) is 2. The number of rotatable bonds is 7. The summed E-state index contributed by atoms with van der Waals surface area (Å²) in [6.07, 6.45) is 10.6. The first-order valence-electron chi connectivity index (χ1n) is 7.11. The molecule has 0 aromatic carbocycles. The van der Waals surface area contributed by atoms with E-state index in [0.29, 0.717) is 0 Å².